The molecule has 11 heteroatoms. The zero-order valence-corrected chi connectivity index (χ0v) is 27.2. The molecule has 0 aliphatic carbocycles. The predicted molar refractivity (Wildman–Crippen MR) is 157 cm³/mol. The van der Waals surface area contributed by atoms with E-state index >= 15 is 0 Å². The molecule has 0 saturated carbocycles. The van der Waals surface area contributed by atoms with Crippen molar-refractivity contribution in [1.29, 1.82) is 0 Å². The Morgan fingerprint density at radius 2 is 1.48 bits per heavy atom. The Kier molecular flexibility index (Phi) is 12.0. The number of amides is 2. The van der Waals surface area contributed by atoms with Crippen molar-refractivity contribution in [2.24, 2.45) is 0 Å². The number of carbonyl (C=O) groups excluding carboxylic acids is 4. The molecule has 0 spiro atoms. The van der Waals surface area contributed by atoms with Crippen LogP contribution in [0.5, 0.6) is 0 Å². The number of ether oxygens (including phenoxy) is 3. The molecule has 2 N–H and O–H groups in total. The Hall–Kier alpha value is -2.92. The lowest BCUT2D eigenvalue weighted by Gasteiger charge is -2.36. The summed E-state index contributed by atoms with van der Waals surface area (Å²) in [6, 6.07) is 3.73. The summed E-state index contributed by atoms with van der Waals surface area (Å²) in [5.41, 5.74) is -0.116. The van der Waals surface area contributed by atoms with Crippen LogP contribution in [0.15, 0.2) is 18.2 Å². The standard InChI is InChI=1S/C29H48N2O8Si/c1-27(2,3)38-25(34)22(31-26(35)39-28(4,5)6)15-16-23(32)30-21-14-13-19(24(33)36-10)17-20(21)18-37-40(11,12)29(7,8)9/h13-14,17,22H,15-16,18H2,1-12H3,(H,30,32)(H,31,35)/t22-/m0/s1. The molecule has 1 rings (SSSR count). The van der Waals surface area contributed by atoms with Gasteiger partial charge in [-0.1, -0.05) is 20.8 Å². The van der Waals surface area contributed by atoms with Crippen LogP contribution in [-0.2, 0) is 34.8 Å². The number of methoxy groups -OCH3 is 1. The summed E-state index contributed by atoms with van der Waals surface area (Å²) in [4.78, 5) is 50.3. The van der Waals surface area contributed by atoms with E-state index in [2.05, 4.69) is 44.5 Å². The lowest BCUT2D eigenvalue weighted by molar-refractivity contribution is -0.157. The smallest absolute Gasteiger partial charge is 0.408 e. The second-order valence-electron chi connectivity index (χ2n) is 13.2. The highest BCUT2D eigenvalue weighted by atomic mass is 28.4. The van der Waals surface area contributed by atoms with Gasteiger partial charge in [-0.05, 0) is 84.3 Å². The van der Waals surface area contributed by atoms with Crippen molar-refractivity contribution in [3.05, 3.63) is 29.3 Å². The van der Waals surface area contributed by atoms with E-state index in [0.29, 0.717) is 16.8 Å². The van der Waals surface area contributed by atoms with Gasteiger partial charge in [0.25, 0.3) is 0 Å². The van der Waals surface area contributed by atoms with Gasteiger partial charge in [-0.25, -0.2) is 14.4 Å². The molecule has 0 aromatic heterocycles. The van der Waals surface area contributed by atoms with Gasteiger partial charge < -0.3 is 29.3 Å². The van der Waals surface area contributed by atoms with Crippen LogP contribution in [-0.4, -0.2) is 56.6 Å². The molecule has 10 nitrogen and oxygen atoms in total. The first-order valence-corrected chi connectivity index (χ1v) is 16.3. The Balaban J connectivity index is 3.10. The summed E-state index contributed by atoms with van der Waals surface area (Å²) >= 11 is 0. The predicted octanol–water partition coefficient (Wildman–Crippen LogP) is 5.95. The number of benzene rings is 1. The maximum Gasteiger partial charge on any atom is 0.408 e. The summed E-state index contributed by atoms with van der Waals surface area (Å²) in [5, 5.41) is 5.34. The first-order chi connectivity index (χ1) is 18.0. The number of anilines is 1. The Morgan fingerprint density at radius 1 is 0.900 bits per heavy atom. The van der Waals surface area contributed by atoms with Gasteiger partial charge in [-0.3, -0.25) is 4.79 Å². The van der Waals surface area contributed by atoms with Crippen LogP contribution in [0.25, 0.3) is 0 Å². The minimum absolute atomic E-state index is 0.0178. The van der Waals surface area contributed by atoms with Crippen molar-refractivity contribution in [3.8, 4) is 0 Å². The van der Waals surface area contributed by atoms with Gasteiger partial charge in [0.1, 0.15) is 17.2 Å². The maximum absolute atomic E-state index is 13.0. The summed E-state index contributed by atoms with van der Waals surface area (Å²) < 4.78 is 21.9. The zero-order chi connectivity index (χ0) is 31.1. The highest BCUT2D eigenvalue weighted by molar-refractivity contribution is 6.74. The van der Waals surface area contributed by atoms with E-state index in [1.807, 2.05) is 0 Å². The molecule has 0 saturated heterocycles. The summed E-state index contributed by atoms with van der Waals surface area (Å²) in [6.07, 6.45) is -0.899. The molecular weight excluding hydrogens is 532 g/mol. The van der Waals surface area contributed by atoms with Crippen LogP contribution in [0.2, 0.25) is 18.1 Å². The highest BCUT2D eigenvalue weighted by Crippen LogP contribution is 2.37. The Bertz CT molecular complexity index is 1070. The lowest BCUT2D eigenvalue weighted by atomic mass is 10.1. The highest BCUT2D eigenvalue weighted by Gasteiger charge is 2.37. The molecular formula is C29H48N2O8Si. The van der Waals surface area contributed by atoms with E-state index in [1.54, 1.807) is 59.7 Å². The topological polar surface area (TPSA) is 129 Å². The van der Waals surface area contributed by atoms with Gasteiger partial charge in [0.15, 0.2) is 8.32 Å². The number of esters is 2. The summed E-state index contributed by atoms with van der Waals surface area (Å²) in [7, 11) is -0.829. The lowest BCUT2D eigenvalue weighted by Crippen LogP contribution is -2.46. The molecule has 2 amide bonds. The first-order valence-electron chi connectivity index (χ1n) is 13.4. The third-order valence-corrected chi connectivity index (χ3v) is 10.7. The maximum atomic E-state index is 13.0. The van der Waals surface area contributed by atoms with E-state index in [9.17, 15) is 19.2 Å². The normalized spacial score (nSPS) is 13.2. The SMILES string of the molecule is COC(=O)c1ccc(NC(=O)CC[C@H](NC(=O)OC(C)(C)C)C(=O)OC(C)(C)C)c(CO[Si](C)(C)C(C)(C)C)c1. The number of nitrogens with one attached hydrogen (secondary N) is 2. The molecule has 1 aromatic carbocycles. The molecule has 40 heavy (non-hydrogen) atoms. The van der Waals surface area contributed by atoms with Crippen LogP contribution < -0.4 is 10.6 Å². The number of rotatable bonds is 10. The molecule has 0 radical (unpaired) electrons. The number of hydrogen-bond donors (Lipinski definition) is 2. The number of hydrogen-bond acceptors (Lipinski definition) is 8. The summed E-state index contributed by atoms with van der Waals surface area (Å²) in [6.45, 7) is 21.1. The molecule has 0 bridgehead atoms. The Morgan fingerprint density at radius 3 is 1.98 bits per heavy atom. The van der Waals surface area contributed by atoms with Gasteiger partial charge in [0.2, 0.25) is 5.91 Å². The van der Waals surface area contributed by atoms with Crippen LogP contribution in [0.4, 0.5) is 10.5 Å². The van der Waals surface area contributed by atoms with E-state index in [0.717, 1.165) is 0 Å². The van der Waals surface area contributed by atoms with Crippen molar-refractivity contribution in [1.82, 2.24) is 5.32 Å². The van der Waals surface area contributed by atoms with Gasteiger partial charge >= 0.3 is 18.0 Å². The van der Waals surface area contributed by atoms with Gasteiger partial charge in [-0.15, -0.1) is 0 Å². The van der Waals surface area contributed by atoms with Crippen LogP contribution in [0.1, 0.15) is 91.1 Å². The van der Waals surface area contributed by atoms with E-state index in [1.165, 1.54) is 7.11 Å². The molecule has 0 unspecified atom stereocenters. The largest absolute Gasteiger partial charge is 0.465 e. The number of alkyl carbamates (subject to hydrolysis) is 1. The fraction of sp³-hybridized carbons (Fsp3) is 0.655. The molecule has 226 valence electrons. The van der Waals surface area contributed by atoms with E-state index in [-0.39, 0.29) is 30.4 Å². The average Bonchev–Trinajstić information content (AvgIpc) is 2.77. The molecule has 0 aliphatic heterocycles. The van der Waals surface area contributed by atoms with Crippen molar-refractivity contribution in [2.75, 3.05) is 12.4 Å². The third kappa shape index (κ3) is 12.1. The van der Waals surface area contributed by atoms with Crippen LogP contribution >= 0.6 is 0 Å². The van der Waals surface area contributed by atoms with E-state index < -0.39 is 43.6 Å². The van der Waals surface area contributed by atoms with Crippen molar-refractivity contribution >= 4 is 37.9 Å². The fourth-order valence-corrected chi connectivity index (χ4v) is 4.06. The van der Waals surface area contributed by atoms with Crippen molar-refractivity contribution in [3.63, 3.8) is 0 Å². The van der Waals surface area contributed by atoms with Gasteiger partial charge in [-0.2, -0.15) is 0 Å². The van der Waals surface area contributed by atoms with Crippen LogP contribution in [0.3, 0.4) is 0 Å². The second-order valence-corrected chi connectivity index (χ2v) is 18.0. The minimum atomic E-state index is -2.13. The van der Waals surface area contributed by atoms with Crippen LogP contribution in [0, 0.1) is 0 Å². The first kappa shape index (κ1) is 35.1. The third-order valence-electron chi connectivity index (χ3n) is 6.24. The molecule has 1 aromatic rings. The molecule has 0 fully saturated rings. The molecule has 1 atom stereocenters. The fourth-order valence-electron chi connectivity index (χ4n) is 3.11. The second kappa shape index (κ2) is 13.6. The summed E-state index contributed by atoms with van der Waals surface area (Å²) in [5.74, 6) is -1.56. The monoisotopic (exact) mass is 580 g/mol. The van der Waals surface area contributed by atoms with Gasteiger partial charge in [0.05, 0.1) is 19.3 Å². The van der Waals surface area contributed by atoms with Gasteiger partial charge in [0, 0.05) is 17.7 Å². The Labute approximate surface area is 240 Å². The molecule has 0 heterocycles. The quantitative estimate of drug-likeness (QED) is 0.197. The van der Waals surface area contributed by atoms with E-state index in [4.69, 9.17) is 18.6 Å². The zero-order valence-electron chi connectivity index (χ0n) is 26.2. The minimum Gasteiger partial charge on any atom is -0.465 e. The van der Waals surface area contributed by atoms with Crippen molar-refractivity contribution < 1.29 is 37.8 Å². The average molecular weight is 581 g/mol. The number of carbonyl (C=O) groups is 4. The van der Waals surface area contributed by atoms with Crippen molar-refractivity contribution in [2.45, 2.75) is 117 Å². The molecule has 0 aliphatic rings.